The van der Waals surface area contributed by atoms with Crippen molar-refractivity contribution in [2.75, 3.05) is 26.8 Å². The summed E-state index contributed by atoms with van der Waals surface area (Å²) in [6.45, 7) is 7.25. The summed E-state index contributed by atoms with van der Waals surface area (Å²) in [5.41, 5.74) is 3.29. The molecule has 1 saturated heterocycles. The Morgan fingerprint density at radius 1 is 1.11 bits per heavy atom. The molecule has 1 fully saturated rings. The third-order valence-electron chi connectivity index (χ3n) is 6.85. The minimum atomic E-state index is -0.213. The van der Waals surface area contributed by atoms with Crippen LogP contribution in [0.4, 0.5) is 4.79 Å². The molecule has 1 amide bonds. The lowest BCUT2D eigenvalue weighted by Gasteiger charge is -2.32. The van der Waals surface area contributed by atoms with E-state index in [-0.39, 0.29) is 6.09 Å². The van der Waals surface area contributed by atoms with Gasteiger partial charge in [-0.2, -0.15) is 15.0 Å². The van der Waals surface area contributed by atoms with E-state index in [1.807, 2.05) is 46.7 Å². The number of likely N-dealkylation sites (tertiary alicyclic amines) is 1. The first-order valence-electron chi connectivity index (χ1n) is 13.5. The van der Waals surface area contributed by atoms with E-state index in [0.29, 0.717) is 31.2 Å². The number of benzene rings is 1. The highest BCUT2D eigenvalue weighted by Gasteiger charge is 2.24. The van der Waals surface area contributed by atoms with Gasteiger partial charge in [-0.05, 0) is 50.5 Å². The predicted molar refractivity (Wildman–Crippen MR) is 142 cm³/mol. The van der Waals surface area contributed by atoms with Crippen molar-refractivity contribution in [1.82, 2.24) is 24.4 Å². The molecule has 1 atom stereocenters. The van der Waals surface area contributed by atoms with Crippen LogP contribution in [0.1, 0.15) is 63.1 Å². The van der Waals surface area contributed by atoms with Crippen molar-refractivity contribution in [3.63, 3.8) is 0 Å². The zero-order valence-electron chi connectivity index (χ0n) is 22.3. The summed E-state index contributed by atoms with van der Waals surface area (Å²) < 4.78 is 18.9. The third kappa shape index (κ3) is 7.11. The highest BCUT2D eigenvalue weighted by molar-refractivity contribution is 5.75. The van der Waals surface area contributed by atoms with Gasteiger partial charge in [-0.15, -0.1) is 0 Å². The molecule has 1 unspecified atom stereocenters. The van der Waals surface area contributed by atoms with E-state index >= 15 is 0 Å². The van der Waals surface area contributed by atoms with Crippen LogP contribution in [0, 0.1) is 12.8 Å². The summed E-state index contributed by atoms with van der Waals surface area (Å²) in [7, 11) is 1.63. The van der Waals surface area contributed by atoms with E-state index in [9.17, 15) is 4.79 Å². The first kappa shape index (κ1) is 26.7. The summed E-state index contributed by atoms with van der Waals surface area (Å²) in [6, 6.07) is 10.7. The molecule has 37 heavy (non-hydrogen) atoms. The van der Waals surface area contributed by atoms with Crippen LogP contribution in [0.2, 0.25) is 0 Å². The Balaban J connectivity index is 1.29. The molecule has 1 aliphatic rings. The normalized spacial score (nSPS) is 15.6. The van der Waals surface area contributed by atoms with Crippen molar-refractivity contribution in [2.45, 2.75) is 71.9 Å². The summed E-state index contributed by atoms with van der Waals surface area (Å²) >= 11 is 0. The molecule has 4 rings (SSSR count). The number of aromatic nitrogens is 4. The van der Waals surface area contributed by atoms with Gasteiger partial charge < -0.3 is 19.1 Å². The summed E-state index contributed by atoms with van der Waals surface area (Å²) in [6.07, 6.45) is 7.04. The molecular formula is C28H39N5O4. The van der Waals surface area contributed by atoms with Gasteiger partial charge in [-0.3, -0.25) is 4.57 Å². The quantitative estimate of drug-likeness (QED) is 0.296. The highest BCUT2D eigenvalue weighted by atomic mass is 16.6. The second-order valence-electron chi connectivity index (χ2n) is 9.71. The van der Waals surface area contributed by atoms with E-state index in [1.54, 1.807) is 7.11 Å². The van der Waals surface area contributed by atoms with Gasteiger partial charge in [-0.25, -0.2) is 4.79 Å². The van der Waals surface area contributed by atoms with Crippen LogP contribution in [-0.4, -0.2) is 57.3 Å². The van der Waals surface area contributed by atoms with E-state index in [2.05, 4.69) is 21.9 Å². The zero-order valence-corrected chi connectivity index (χ0v) is 22.3. The molecule has 1 aliphatic heterocycles. The molecule has 0 N–H and O–H groups in total. The Hall–Kier alpha value is -3.36. The van der Waals surface area contributed by atoms with Crippen molar-refractivity contribution >= 4 is 17.3 Å². The van der Waals surface area contributed by atoms with Crippen molar-refractivity contribution in [2.24, 2.45) is 5.92 Å². The number of nitrogens with zero attached hydrogens (tertiary/aromatic N) is 5. The maximum absolute atomic E-state index is 12.6. The van der Waals surface area contributed by atoms with Gasteiger partial charge in [0, 0.05) is 19.6 Å². The Morgan fingerprint density at radius 3 is 2.73 bits per heavy atom. The van der Waals surface area contributed by atoms with Crippen molar-refractivity contribution in [3.05, 3.63) is 41.6 Å². The Bertz CT molecular complexity index is 1150. The number of piperidine rings is 1. The number of amides is 1. The molecule has 0 bridgehead atoms. The number of unbranched alkanes of at least 4 members (excludes halogenated alkanes) is 2. The molecule has 200 valence electrons. The fourth-order valence-electron chi connectivity index (χ4n) is 4.80. The van der Waals surface area contributed by atoms with E-state index in [1.165, 1.54) is 0 Å². The van der Waals surface area contributed by atoms with Crippen molar-refractivity contribution in [3.8, 4) is 12.0 Å². The zero-order chi connectivity index (χ0) is 26.0. The summed E-state index contributed by atoms with van der Waals surface area (Å²) in [5, 5.41) is 0. The topological polar surface area (TPSA) is 91.6 Å². The second kappa shape index (κ2) is 13.3. The van der Waals surface area contributed by atoms with Crippen LogP contribution in [0.3, 0.4) is 0 Å². The van der Waals surface area contributed by atoms with Crippen LogP contribution < -0.4 is 9.47 Å². The molecule has 0 spiro atoms. The number of imidazole rings is 1. The van der Waals surface area contributed by atoms with Crippen LogP contribution in [-0.2, 0) is 17.9 Å². The average Bonchev–Trinajstić information content (AvgIpc) is 3.28. The van der Waals surface area contributed by atoms with Crippen LogP contribution in [0.15, 0.2) is 30.3 Å². The first-order chi connectivity index (χ1) is 18.1. The molecule has 1 aromatic carbocycles. The number of rotatable bonds is 12. The largest absolute Gasteiger partial charge is 0.468 e. The van der Waals surface area contributed by atoms with Gasteiger partial charge in [0.1, 0.15) is 12.1 Å². The Morgan fingerprint density at radius 2 is 1.95 bits per heavy atom. The number of ether oxygens (including phenoxy) is 3. The van der Waals surface area contributed by atoms with Gasteiger partial charge in [-0.1, -0.05) is 50.1 Å². The minimum absolute atomic E-state index is 0.213. The SMILES string of the molecule is CCCCOc1nc(C)c2nc(OC)n(CCCCC3CCCN(C(=O)OCc4ccccc4)C3)c2n1. The molecule has 3 heterocycles. The molecule has 9 nitrogen and oxygen atoms in total. The Labute approximate surface area is 219 Å². The molecule has 0 aliphatic carbocycles. The van der Waals surface area contributed by atoms with E-state index in [0.717, 1.165) is 87.0 Å². The highest BCUT2D eigenvalue weighted by Crippen LogP contribution is 2.26. The molecule has 9 heteroatoms. The first-order valence-corrected chi connectivity index (χ1v) is 13.5. The number of aryl methyl sites for hydroxylation is 2. The molecular weight excluding hydrogens is 470 g/mol. The number of carbonyl (C=O) groups excluding carboxylic acids is 1. The molecule has 2 aromatic heterocycles. The predicted octanol–water partition coefficient (Wildman–Crippen LogP) is 5.54. The molecule has 3 aromatic rings. The summed E-state index contributed by atoms with van der Waals surface area (Å²) in [5.74, 6) is 0.489. The lowest BCUT2D eigenvalue weighted by atomic mass is 9.93. The number of fused-ring (bicyclic) bond motifs is 1. The number of carbonyl (C=O) groups is 1. The summed E-state index contributed by atoms with van der Waals surface area (Å²) in [4.78, 5) is 28.2. The average molecular weight is 510 g/mol. The molecule has 0 saturated carbocycles. The maximum atomic E-state index is 12.6. The van der Waals surface area contributed by atoms with Crippen LogP contribution in [0.25, 0.3) is 11.2 Å². The van der Waals surface area contributed by atoms with Gasteiger partial charge in [0.05, 0.1) is 19.4 Å². The van der Waals surface area contributed by atoms with Crippen molar-refractivity contribution in [1.29, 1.82) is 0 Å². The van der Waals surface area contributed by atoms with Gasteiger partial charge >= 0.3 is 12.1 Å². The third-order valence-corrected chi connectivity index (χ3v) is 6.85. The van der Waals surface area contributed by atoms with Crippen LogP contribution >= 0.6 is 0 Å². The van der Waals surface area contributed by atoms with Crippen molar-refractivity contribution < 1.29 is 19.0 Å². The Kier molecular flexibility index (Phi) is 9.57. The maximum Gasteiger partial charge on any atom is 0.410 e. The number of hydrogen-bond donors (Lipinski definition) is 0. The smallest absolute Gasteiger partial charge is 0.410 e. The van der Waals surface area contributed by atoms with Gasteiger partial charge in [0.25, 0.3) is 6.01 Å². The standard InChI is InChI=1S/C28H39N5O4/c1-4-5-18-36-26-29-21(2)24-25(31-26)33(27(30-24)35-3)17-10-9-12-22-15-11-16-32(19-22)28(34)37-20-23-13-7-6-8-14-23/h6-8,13-14,22H,4-5,9-12,15-20H2,1-3H3. The number of hydrogen-bond acceptors (Lipinski definition) is 7. The van der Waals surface area contributed by atoms with Gasteiger partial charge in [0.2, 0.25) is 0 Å². The monoisotopic (exact) mass is 509 g/mol. The van der Waals surface area contributed by atoms with E-state index < -0.39 is 0 Å². The van der Waals surface area contributed by atoms with Gasteiger partial charge in [0.15, 0.2) is 5.65 Å². The lowest BCUT2D eigenvalue weighted by Crippen LogP contribution is -2.40. The minimum Gasteiger partial charge on any atom is -0.468 e. The van der Waals surface area contributed by atoms with Crippen LogP contribution in [0.5, 0.6) is 12.0 Å². The van der Waals surface area contributed by atoms with E-state index in [4.69, 9.17) is 14.2 Å². The lowest BCUT2D eigenvalue weighted by molar-refractivity contribution is 0.0776. The fourth-order valence-corrected chi connectivity index (χ4v) is 4.80. The fraction of sp³-hybridized carbons (Fsp3) is 0.571. The molecule has 0 radical (unpaired) electrons. The number of methoxy groups -OCH3 is 1. The second-order valence-corrected chi connectivity index (χ2v) is 9.71.